The van der Waals surface area contributed by atoms with Crippen molar-refractivity contribution in [2.75, 3.05) is 27.2 Å². The zero-order valence-corrected chi connectivity index (χ0v) is 14.1. The number of carbonyl (C=O) groups excluding carboxylic acids is 1. The van der Waals surface area contributed by atoms with Gasteiger partial charge in [-0.1, -0.05) is 6.42 Å². The van der Waals surface area contributed by atoms with Gasteiger partial charge in [0.2, 0.25) is 0 Å². The Morgan fingerprint density at radius 3 is 2.48 bits per heavy atom. The topological polar surface area (TPSA) is 55.6 Å². The van der Waals surface area contributed by atoms with Crippen LogP contribution < -0.4 is 5.73 Å². The van der Waals surface area contributed by atoms with E-state index in [0.717, 1.165) is 13.1 Å². The molecular weight excluding hydrogens is 308 g/mol. The van der Waals surface area contributed by atoms with E-state index >= 15 is 0 Å². The fraction of sp³-hybridized carbons (Fsp3) is 0.667. The zero-order chi connectivity index (χ0) is 14.3. The first-order chi connectivity index (χ1) is 9.57. The highest BCUT2D eigenvalue weighted by Gasteiger charge is 2.53. The molecule has 3 rings (SSSR count). The molecule has 1 aliphatic heterocycles. The Bertz CT molecular complexity index is 506. The van der Waals surface area contributed by atoms with Crippen LogP contribution in [0.25, 0.3) is 0 Å². The van der Waals surface area contributed by atoms with Crippen LogP contribution >= 0.6 is 23.7 Å². The van der Waals surface area contributed by atoms with Crippen LogP contribution in [0, 0.1) is 11.8 Å². The average Bonchev–Trinajstić information content (AvgIpc) is 2.88. The summed E-state index contributed by atoms with van der Waals surface area (Å²) in [4.78, 5) is 15.6. The first kappa shape index (κ1) is 16.7. The van der Waals surface area contributed by atoms with Crippen molar-refractivity contribution >= 4 is 29.7 Å². The smallest absolute Gasteiger partial charge is 0.258 e. The van der Waals surface area contributed by atoms with E-state index in [2.05, 4.69) is 11.9 Å². The predicted octanol–water partition coefficient (Wildman–Crippen LogP) is 2.47. The minimum atomic E-state index is -0.342. The van der Waals surface area contributed by atoms with E-state index in [0.29, 0.717) is 16.7 Å². The van der Waals surface area contributed by atoms with Crippen LogP contribution in [0.5, 0.6) is 0 Å². The number of halogens is 1. The fourth-order valence-electron chi connectivity index (χ4n) is 4.17. The summed E-state index contributed by atoms with van der Waals surface area (Å²) in [5.41, 5.74) is 5.18. The third-order valence-electron chi connectivity index (χ3n) is 4.95. The van der Waals surface area contributed by atoms with Crippen molar-refractivity contribution in [2.45, 2.75) is 24.9 Å². The first-order valence-electron chi connectivity index (χ1n) is 7.21. The summed E-state index contributed by atoms with van der Waals surface area (Å²) in [5, 5.41) is 0. The second-order valence-corrected chi connectivity index (χ2v) is 7.16. The molecule has 2 fully saturated rings. The maximum Gasteiger partial charge on any atom is 0.258 e. The number of carbonyl (C=O) groups is 1. The van der Waals surface area contributed by atoms with Gasteiger partial charge in [0, 0.05) is 36.9 Å². The summed E-state index contributed by atoms with van der Waals surface area (Å²) in [7, 11) is 4.01. The largest absolute Gasteiger partial charge is 0.372 e. The van der Waals surface area contributed by atoms with Crippen LogP contribution in [0.2, 0.25) is 0 Å². The molecule has 1 aliphatic carbocycles. The number of piperidine rings is 1. The molecule has 1 aromatic rings. The Balaban J connectivity index is 0.00000161. The van der Waals surface area contributed by atoms with Crippen LogP contribution in [-0.4, -0.2) is 38.1 Å². The molecule has 118 valence electrons. The second-order valence-electron chi connectivity index (χ2n) is 6.07. The molecule has 1 saturated heterocycles. The predicted molar refractivity (Wildman–Crippen MR) is 87.1 cm³/mol. The lowest BCUT2D eigenvalue weighted by atomic mass is 9.64. The number of primary amides is 1. The SMILES string of the molecule is CO[C@]1(c2ccc(C(N)=O)s2)[C@@H]2CCC[C@H]1CN(C)C2.Cl. The summed E-state index contributed by atoms with van der Waals surface area (Å²) in [6.07, 6.45) is 3.67. The Morgan fingerprint density at radius 2 is 2.00 bits per heavy atom. The Labute approximate surface area is 136 Å². The van der Waals surface area contributed by atoms with Crippen molar-refractivity contribution in [1.29, 1.82) is 0 Å². The van der Waals surface area contributed by atoms with E-state index in [9.17, 15) is 4.79 Å². The molecule has 1 saturated carbocycles. The molecule has 1 aromatic heterocycles. The molecule has 3 atom stereocenters. The molecular formula is C15H23ClN2O2S. The van der Waals surface area contributed by atoms with Crippen molar-refractivity contribution in [3.63, 3.8) is 0 Å². The van der Waals surface area contributed by atoms with Crippen molar-refractivity contribution in [2.24, 2.45) is 17.6 Å². The molecule has 21 heavy (non-hydrogen) atoms. The van der Waals surface area contributed by atoms with Gasteiger partial charge in [0.25, 0.3) is 5.91 Å². The van der Waals surface area contributed by atoms with Gasteiger partial charge >= 0.3 is 0 Å². The van der Waals surface area contributed by atoms with Crippen molar-refractivity contribution in [1.82, 2.24) is 4.90 Å². The number of thiophene rings is 1. The van der Waals surface area contributed by atoms with Crippen LogP contribution in [0.3, 0.4) is 0 Å². The molecule has 2 heterocycles. The normalized spacial score (nSPS) is 32.5. The summed E-state index contributed by atoms with van der Waals surface area (Å²) in [6, 6.07) is 3.89. The zero-order valence-electron chi connectivity index (χ0n) is 12.5. The van der Waals surface area contributed by atoms with E-state index in [4.69, 9.17) is 10.5 Å². The van der Waals surface area contributed by atoms with Crippen LogP contribution in [0.15, 0.2) is 12.1 Å². The molecule has 0 aromatic carbocycles. The molecule has 2 aliphatic rings. The number of nitrogens with two attached hydrogens (primary N) is 1. The molecule has 1 amide bonds. The van der Waals surface area contributed by atoms with E-state index < -0.39 is 0 Å². The number of amides is 1. The quantitative estimate of drug-likeness (QED) is 0.926. The van der Waals surface area contributed by atoms with Gasteiger partial charge in [0.05, 0.1) is 4.88 Å². The van der Waals surface area contributed by atoms with Gasteiger partial charge in [-0.05, 0) is 32.0 Å². The molecule has 2 N–H and O–H groups in total. The number of fused-ring (bicyclic) bond motifs is 2. The first-order valence-corrected chi connectivity index (χ1v) is 8.03. The third-order valence-corrected chi connectivity index (χ3v) is 6.19. The lowest BCUT2D eigenvalue weighted by molar-refractivity contribution is -0.163. The lowest BCUT2D eigenvalue weighted by Crippen LogP contribution is -2.57. The number of methoxy groups -OCH3 is 1. The van der Waals surface area contributed by atoms with E-state index in [1.54, 1.807) is 0 Å². The van der Waals surface area contributed by atoms with Crippen LogP contribution in [-0.2, 0) is 10.3 Å². The van der Waals surface area contributed by atoms with E-state index in [1.165, 1.54) is 35.5 Å². The van der Waals surface area contributed by atoms with Gasteiger partial charge < -0.3 is 15.4 Å². The van der Waals surface area contributed by atoms with E-state index in [-0.39, 0.29) is 23.9 Å². The maximum absolute atomic E-state index is 11.4. The minimum absolute atomic E-state index is 0. The van der Waals surface area contributed by atoms with Gasteiger partial charge in [-0.25, -0.2) is 0 Å². The molecule has 0 spiro atoms. The summed E-state index contributed by atoms with van der Waals surface area (Å²) in [6.45, 7) is 2.13. The monoisotopic (exact) mass is 330 g/mol. The Kier molecular flexibility index (Phi) is 4.98. The highest BCUT2D eigenvalue weighted by molar-refractivity contribution is 7.14. The van der Waals surface area contributed by atoms with Crippen molar-refractivity contribution in [3.05, 3.63) is 21.9 Å². The third kappa shape index (κ3) is 2.61. The Hall–Kier alpha value is -0.620. The maximum atomic E-state index is 11.4. The minimum Gasteiger partial charge on any atom is -0.372 e. The number of hydrogen-bond donors (Lipinski definition) is 1. The standard InChI is InChI=1S/C15H22N2O2S.ClH/c1-17-8-10-4-3-5-11(9-17)15(10,19-2)13-7-6-12(20-13)14(16)18;/h6-7,10-11H,3-5,8-9H2,1-2H3,(H2,16,18);1H/t10-,11+,15-;. The molecule has 0 radical (unpaired) electrons. The van der Waals surface area contributed by atoms with Gasteiger partial charge in [-0.15, -0.1) is 23.7 Å². The molecule has 6 heteroatoms. The van der Waals surface area contributed by atoms with Crippen LogP contribution in [0.1, 0.15) is 33.8 Å². The molecule has 0 unspecified atom stereocenters. The highest BCUT2D eigenvalue weighted by atomic mass is 35.5. The Morgan fingerprint density at radius 1 is 1.38 bits per heavy atom. The summed E-state index contributed by atoms with van der Waals surface area (Å²) in [5.74, 6) is 0.666. The average molecular weight is 331 g/mol. The van der Waals surface area contributed by atoms with Gasteiger partial charge in [-0.3, -0.25) is 4.79 Å². The second kappa shape index (κ2) is 6.24. The lowest BCUT2D eigenvalue weighted by Gasteiger charge is -2.54. The number of likely N-dealkylation sites (tertiary alicyclic amines) is 1. The highest BCUT2D eigenvalue weighted by Crippen LogP contribution is 2.52. The van der Waals surface area contributed by atoms with Gasteiger partial charge in [-0.2, -0.15) is 0 Å². The fourth-order valence-corrected chi connectivity index (χ4v) is 5.36. The molecule has 2 bridgehead atoms. The number of nitrogens with zero attached hydrogens (tertiary/aromatic N) is 1. The number of rotatable bonds is 3. The summed E-state index contributed by atoms with van der Waals surface area (Å²) >= 11 is 1.51. The molecule has 4 nitrogen and oxygen atoms in total. The van der Waals surface area contributed by atoms with Crippen molar-refractivity contribution < 1.29 is 9.53 Å². The number of ether oxygens (including phenoxy) is 1. The number of hydrogen-bond acceptors (Lipinski definition) is 4. The van der Waals surface area contributed by atoms with Crippen LogP contribution in [0.4, 0.5) is 0 Å². The van der Waals surface area contributed by atoms with Gasteiger partial charge in [0.1, 0.15) is 5.60 Å². The van der Waals surface area contributed by atoms with E-state index in [1.807, 2.05) is 19.2 Å². The summed E-state index contributed by atoms with van der Waals surface area (Å²) < 4.78 is 6.10. The van der Waals surface area contributed by atoms with Gasteiger partial charge in [0.15, 0.2) is 0 Å². The van der Waals surface area contributed by atoms with Crippen molar-refractivity contribution in [3.8, 4) is 0 Å².